The molecular formula is C13H18N4O2S. The number of nitrogens with two attached hydrogens (primary N) is 1. The van der Waals surface area contributed by atoms with Crippen LogP contribution in [0.2, 0.25) is 0 Å². The average Bonchev–Trinajstić information content (AvgIpc) is 2.64. The van der Waals surface area contributed by atoms with Crippen LogP contribution >= 0.6 is 0 Å². The topological polar surface area (TPSA) is 90.0 Å². The molecule has 0 unspecified atom stereocenters. The van der Waals surface area contributed by atoms with E-state index >= 15 is 0 Å². The van der Waals surface area contributed by atoms with Crippen molar-refractivity contribution in [2.75, 3.05) is 5.73 Å². The molecule has 1 aromatic heterocycles. The quantitative estimate of drug-likeness (QED) is 0.890. The monoisotopic (exact) mass is 294 g/mol. The van der Waals surface area contributed by atoms with Crippen LogP contribution in [-0.2, 0) is 17.1 Å². The number of aryl methyl sites for hydroxylation is 1. The summed E-state index contributed by atoms with van der Waals surface area (Å²) in [4.78, 5) is 0.0442. The van der Waals surface area contributed by atoms with Crippen molar-refractivity contribution in [2.45, 2.75) is 24.8 Å². The molecule has 20 heavy (non-hydrogen) atoms. The molecule has 2 aromatic rings. The van der Waals surface area contributed by atoms with Gasteiger partial charge in [-0.25, -0.2) is 13.1 Å². The van der Waals surface area contributed by atoms with E-state index in [0.717, 1.165) is 5.56 Å². The van der Waals surface area contributed by atoms with Crippen LogP contribution < -0.4 is 10.5 Å². The molecule has 0 fully saturated rings. The predicted octanol–water partition coefficient (Wildman–Crippen LogP) is 1.35. The number of anilines is 1. The number of nitrogen functional groups attached to an aromatic ring is 1. The van der Waals surface area contributed by atoms with Crippen LogP contribution in [-0.4, -0.2) is 18.2 Å². The molecule has 0 aliphatic rings. The van der Waals surface area contributed by atoms with Gasteiger partial charge in [-0.3, -0.25) is 4.68 Å². The van der Waals surface area contributed by atoms with Gasteiger partial charge >= 0.3 is 0 Å². The molecule has 1 atom stereocenters. The largest absolute Gasteiger partial charge is 0.381 e. The molecule has 1 aromatic carbocycles. The third-order valence-electron chi connectivity index (χ3n) is 3.20. The third kappa shape index (κ3) is 2.68. The van der Waals surface area contributed by atoms with Gasteiger partial charge in [0.1, 0.15) is 4.90 Å². The number of hydrogen-bond donors (Lipinski definition) is 2. The zero-order valence-corrected chi connectivity index (χ0v) is 12.5. The Morgan fingerprint density at radius 1 is 1.30 bits per heavy atom. The minimum absolute atomic E-state index is 0.0118. The lowest BCUT2D eigenvalue weighted by Crippen LogP contribution is -2.27. The summed E-state index contributed by atoms with van der Waals surface area (Å²) >= 11 is 0. The molecule has 1 heterocycles. The molecule has 0 spiro atoms. The molecule has 3 N–H and O–H groups in total. The van der Waals surface area contributed by atoms with E-state index in [1.54, 1.807) is 20.9 Å². The Morgan fingerprint density at radius 2 is 1.90 bits per heavy atom. The summed E-state index contributed by atoms with van der Waals surface area (Å²) in [5, 5.41) is 3.93. The molecule has 108 valence electrons. The lowest BCUT2D eigenvalue weighted by molar-refractivity contribution is 0.566. The van der Waals surface area contributed by atoms with Gasteiger partial charge in [-0.05, 0) is 19.4 Å². The first kappa shape index (κ1) is 14.5. The lowest BCUT2D eigenvalue weighted by atomic mass is 10.1. The number of benzene rings is 1. The van der Waals surface area contributed by atoms with E-state index in [-0.39, 0.29) is 16.8 Å². The van der Waals surface area contributed by atoms with Gasteiger partial charge in [0.2, 0.25) is 10.0 Å². The van der Waals surface area contributed by atoms with Gasteiger partial charge in [0.25, 0.3) is 0 Å². The molecule has 0 aliphatic carbocycles. The number of nitrogens with one attached hydrogen (secondary N) is 1. The second kappa shape index (κ2) is 5.26. The number of aromatic nitrogens is 2. The molecule has 6 nitrogen and oxygen atoms in total. The van der Waals surface area contributed by atoms with Crippen molar-refractivity contribution in [3.05, 3.63) is 41.6 Å². The van der Waals surface area contributed by atoms with E-state index in [0.29, 0.717) is 5.69 Å². The normalized spacial score (nSPS) is 13.3. The second-order valence-corrected chi connectivity index (χ2v) is 6.33. The number of sulfonamides is 1. The van der Waals surface area contributed by atoms with Crippen LogP contribution in [0.15, 0.2) is 35.2 Å². The standard InChI is InChI=1S/C13H18N4O2S/c1-9(11-7-5-4-6-8-11)16-20(18,19)12-10(2)17(3)15-13(12)14/h4-9,16H,1-3H3,(H2,14,15)/t9-/m0/s1. The summed E-state index contributed by atoms with van der Waals surface area (Å²) in [5.74, 6) is 0.0118. The highest BCUT2D eigenvalue weighted by Gasteiger charge is 2.26. The minimum Gasteiger partial charge on any atom is -0.381 e. The number of rotatable bonds is 4. The van der Waals surface area contributed by atoms with Gasteiger partial charge in [0.05, 0.1) is 5.69 Å². The Labute approximate surface area is 118 Å². The van der Waals surface area contributed by atoms with E-state index in [4.69, 9.17) is 5.73 Å². The molecule has 0 bridgehead atoms. The first-order chi connectivity index (χ1) is 9.33. The van der Waals surface area contributed by atoms with Crippen molar-refractivity contribution in [1.29, 1.82) is 0 Å². The van der Waals surface area contributed by atoms with Crippen LogP contribution in [0.1, 0.15) is 24.2 Å². The van der Waals surface area contributed by atoms with Crippen LogP contribution in [0.3, 0.4) is 0 Å². The molecule has 7 heteroatoms. The van der Waals surface area contributed by atoms with Crippen molar-refractivity contribution in [3.8, 4) is 0 Å². The molecule has 0 saturated heterocycles. The fraction of sp³-hybridized carbons (Fsp3) is 0.308. The van der Waals surface area contributed by atoms with Crippen LogP contribution in [0.25, 0.3) is 0 Å². The van der Waals surface area contributed by atoms with E-state index in [9.17, 15) is 8.42 Å². The molecule has 2 rings (SSSR count). The summed E-state index contributed by atoms with van der Waals surface area (Å²) in [6.45, 7) is 3.46. The van der Waals surface area contributed by atoms with E-state index in [1.165, 1.54) is 4.68 Å². The molecule has 0 aliphatic heterocycles. The van der Waals surface area contributed by atoms with E-state index < -0.39 is 10.0 Å². The summed E-state index contributed by atoms with van der Waals surface area (Å²) in [6, 6.07) is 9.00. The summed E-state index contributed by atoms with van der Waals surface area (Å²) < 4.78 is 28.9. The van der Waals surface area contributed by atoms with Gasteiger partial charge in [0, 0.05) is 13.1 Å². The average molecular weight is 294 g/mol. The zero-order chi connectivity index (χ0) is 14.9. The SMILES string of the molecule is Cc1c(S(=O)(=O)N[C@@H](C)c2ccccc2)c(N)nn1C. The predicted molar refractivity (Wildman–Crippen MR) is 77.5 cm³/mol. The second-order valence-electron chi connectivity index (χ2n) is 4.68. The third-order valence-corrected chi connectivity index (χ3v) is 4.91. The van der Waals surface area contributed by atoms with Crippen molar-refractivity contribution >= 4 is 15.8 Å². The fourth-order valence-corrected chi connectivity index (χ4v) is 3.60. The lowest BCUT2D eigenvalue weighted by Gasteiger charge is -2.14. The van der Waals surface area contributed by atoms with Gasteiger partial charge < -0.3 is 5.73 Å². The molecule has 0 saturated carbocycles. The Hall–Kier alpha value is -1.86. The van der Waals surface area contributed by atoms with Crippen LogP contribution in [0, 0.1) is 6.92 Å². The summed E-state index contributed by atoms with van der Waals surface area (Å²) in [7, 11) is -2.05. The molecular weight excluding hydrogens is 276 g/mol. The highest BCUT2D eigenvalue weighted by atomic mass is 32.2. The van der Waals surface area contributed by atoms with Gasteiger partial charge in [-0.2, -0.15) is 5.10 Å². The fourth-order valence-electron chi connectivity index (χ4n) is 2.05. The first-order valence-electron chi connectivity index (χ1n) is 6.19. The first-order valence-corrected chi connectivity index (χ1v) is 7.67. The maximum atomic E-state index is 12.4. The Morgan fingerprint density at radius 3 is 2.40 bits per heavy atom. The van der Waals surface area contributed by atoms with E-state index in [2.05, 4.69) is 9.82 Å². The Bertz CT molecular complexity index is 707. The van der Waals surface area contributed by atoms with Gasteiger partial charge in [0.15, 0.2) is 5.82 Å². The van der Waals surface area contributed by atoms with Crippen molar-refractivity contribution in [2.24, 2.45) is 7.05 Å². The van der Waals surface area contributed by atoms with Crippen LogP contribution in [0.5, 0.6) is 0 Å². The van der Waals surface area contributed by atoms with Gasteiger partial charge in [-0.1, -0.05) is 30.3 Å². The smallest absolute Gasteiger partial charge is 0.246 e. The highest BCUT2D eigenvalue weighted by molar-refractivity contribution is 7.89. The Balaban J connectivity index is 2.33. The maximum absolute atomic E-state index is 12.4. The molecule has 0 amide bonds. The number of hydrogen-bond acceptors (Lipinski definition) is 4. The number of nitrogens with zero attached hydrogens (tertiary/aromatic N) is 2. The van der Waals surface area contributed by atoms with Crippen molar-refractivity contribution < 1.29 is 8.42 Å². The van der Waals surface area contributed by atoms with E-state index in [1.807, 2.05) is 30.3 Å². The molecule has 0 radical (unpaired) electrons. The van der Waals surface area contributed by atoms with Crippen LogP contribution in [0.4, 0.5) is 5.82 Å². The van der Waals surface area contributed by atoms with Crippen molar-refractivity contribution in [3.63, 3.8) is 0 Å². The Kier molecular flexibility index (Phi) is 3.82. The van der Waals surface area contributed by atoms with Gasteiger partial charge in [-0.15, -0.1) is 0 Å². The zero-order valence-electron chi connectivity index (χ0n) is 11.7. The van der Waals surface area contributed by atoms with Crippen molar-refractivity contribution in [1.82, 2.24) is 14.5 Å². The highest BCUT2D eigenvalue weighted by Crippen LogP contribution is 2.23. The summed E-state index contributed by atoms with van der Waals surface area (Å²) in [6.07, 6.45) is 0. The maximum Gasteiger partial charge on any atom is 0.246 e. The summed E-state index contributed by atoms with van der Waals surface area (Å²) in [5.41, 5.74) is 7.09. The minimum atomic E-state index is -3.71.